The standard InChI is InChI=1S/C22H30N10.ClH/c1-15(27-29-21(23)24)17-3-7-19(8-4-17)31-11-13-32(14-12-31)20-9-5-18(6-10-20)16(2)28-30-22(25)26;/h3-10H,11-14H2,1-2H3,(H4,23,24,29)(H4,25,26,30);1H/b27-15+,28-16+;. The van der Waals surface area contributed by atoms with E-state index in [2.05, 4.69) is 54.5 Å². The van der Waals surface area contributed by atoms with Crippen LogP contribution in [0.5, 0.6) is 0 Å². The molecule has 0 aliphatic carbocycles. The molecule has 0 aromatic heterocycles. The monoisotopic (exact) mass is 470 g/mol. The third kappa shape index (κ3) is 7.11. The summed E-state index contributed by atoms with van der Waals surface area (Å²) in [6.45, 7) is 7.50. The molecule has 0 unspecified atom stereocenters. The van der Waals surface area contributed by atoms with Gasteiger partial charge in [0.15, 0.2) is 0 Å². The predicted octanol–water partition coefficient (Wildman–Crippen LogP) is 1.43. The highest BCUT2D eigenvalue weighted by Gasteiger charge is 2.17. The maximum Gasteiger partial charge on any atom is 0.211 e. The number of piperazine rings is 1. The lowest BCUT2D eigenvalue weighted by Crippen LogP contribution is -2.46. The first-order chi connectivity index (χ1) is 15.3. The molecule has 0 bridgehead atoms. The SMILES string of the molecule is C/C(=N\N=C(N)N)c1ccc(N2CCN(c3ccc(/C(C)=N/N=C(N)N)cc3)CC2)cc1.Cl. The minimum atomic E-state index is -0.0531. The summed E-state index contributed by atoms with van der Waals surface area (Å²) in [7, 11) is 0. The van der Waals surface area contributed by atoms with Crippen molar-refractivity contribution < 1.29 is 0 Å². The van der Waals surface area contributed by atoms with Gasteiger partial charge in [0.25, 0.3) is 0 Å². The molecule has 2 aromatic rings. The van der Waals surface area contributed by atoms with Gasteiger partial charge in [-0.05, 0) is 49.2 Å². The van der Waals surface area contributed by atoms with E-state index in [9.17, 15) is 0 Å². The minimum Gasteiger partial charge on any atom is -0.369 e. The number of anilines is 2. The molecule has 0 saturated carbocycles. The van der Waals surface area contributed by atoms with Crippen molar-refractivity contribution in [1.29, 1.82) is 0 Å². The van der Waals surface area contributed by atoms with E-state index >= 15 is 0 Å². The minimum absolute atomic E-state index is 0. The quantitative estimate of drug-likeness (QED) is 0.283. The van der Waals surface area contributed by atoms with Crippen LogP contribution in [0, 0.1) is 0 Å². The van der Waals surface area contributed by atoms with Gasteiger partial charge in [0.1, 0.15) is 0 Å². The molecule has 1 heterocycles. The normalized spacial score (nSPS) is 14.4. The third-order valence-corrected chi connectivity index (χ3v) is 5.21. The molecule has 0 atom stereocenters. The Morgan fingerprint density at radius 3 is 1.15 bits per heavy atom. The Bertz CT molecular complexity index is 940. The zero-order valence-electron chi connectivity index (χ0n) is 18.8. The van der Waals surface area contributed by atoms with E-state index in [0.29, 0.717) is 0 Å². The Balaban J connectivity index is 0.00000385. The number of nitrogens with zero attached hydrogens (tertiary/aromatic N) is 6. The van der Waals surface area contributed by atoms with E-state index in [0.717, 1.165) is 48.7 Å². The van der Waals surface area contributed by atoms with Gasteiger partial charge in [-0.15, -0.1) is 22.6 Å². The Hall–Kier alpha value is -3.79. The molecule has 0 spiro atoms. The Morgan fingerprint density at radius 1 is 0.576 bits per heavy atom. The van der Waals surface area contributed by atoms with Crippen LogP contribution in [0.2, 0.25) is 0 Å². The number of hydrogen-bond donors (Lipinski definition) is 4. The molecule has 1 fully saturated rings. The van der Waals surface area contributed by atoms with E-state index in [1.807, 2.05) is 38.1 Å². The fourth-order valence-electron chi connectivity index (χ4n) is 3.43. The number of benzene rings is 2. The van der Waals surface area contributed by atoms with Crippen LogP contribution in [0.4, 0.5) is 11.4 Å². The highest BCUT2D eigenvalue weighted by Crippen LogP contribution is 2.22. The smallest absolute Gasteiger partial charge is 0.211 e. The van der Waals surface area contributed by atoms with Crippen LogP contribution in [0.1, 0.15) is 25.0 Å². The summed E-state index contributed by atoms with van der Waals surface area (Å²) in [6, 6.07) is 16.6. The third-order valence-electron chi connectivity index (χ3n) is 5.21. The van der Waals surface area contributed by atoms with Crippen molar-refractivity contribution in [3.8, 4) is 0 Å². The number of nitrogens with two attached hydrogens (primary N) is 4. The lowest BCUT2D eigenvalue weighted by atomic mass is 10.1. The van der Waals surface area contributed by atoms with E-state index < -0.39 is 0 Å². The second kappa shape index (κ2) is 11.7. The zero-order valence-corrected chi connectivity index (χ0v) is 19.7. The average molecular weight is 471 g/mol. The summed E-state index contributed by atoms with van der Waals surface area (Å²) in [5.74, 6) is -0.106. The van der Waals surface area contributed by atoms with Gasteiger partial charge in [-0.25, -0.2) is 0 Å². The van der Waals surface area contributed by atoms with Crippen molar-refractivity contribution in [2.45, 2.75) is 13.8 Å². The first-order valence-electron chi connectivity index (χ1n) is 10.3. The van der Waals surface area contributed by atoms with E-state index in [4.69, 9.17) is 22.9 Å². The van der Waals surface area contributed by atoms with Crippen LogP contribution in [-0.4, -0.2) is 49.5 Å². The van der Waals surface area contributed by atoms with Crippen molar-refractivity contribution in [2.75, 3.05) is 36.0 Å². The number of guanidine groups is 2. The molecule has 2 aromatic carbocycles. The first-order valence-corrected chi connectivity index (χ1v) is 10.3. The van der Waals surface area contributed by atoms with Gasteiger partial charge in [0, 0.05) is 37.6 Å². The highest BCUT2D eigenvalue weighted by atomic mass is 35.5. The lowest BCUT2D eigenvalue weighted by Gasteiger charge is -2.37. The number of hydrogen-bond acceptors (Lipinski definition) is 6. The molecular formula is C22H31ClN10. The summed E-state index contributed by atoms with van der Waals surface area (Å²) < 4.78 is 0. The van der Waals surface area contributed by atoms with Crippen LogP contribution < -0.4 is 32.7 Å². The molecule has 176 valence electrons. The van der Waals surface area contributed by atoms with E-state index in [1.54, 1.807) is 0 Å². The molecule has 33 heavy (non-hydrogen) atoms. The summed E-state index contributed by atoms with van der Waals surface area (Å²) in [4.78, 5) is 4.76. The topological polar surface area (TPSA) is 160 Å². The van der Waals surface area contributed by atoms with E-state index in [1.165, 1.54) is 11.4 Å². The summed E-state index contributed by atoms with van der Waals surface area (Å²) in [5.41, 5.74) is 27.2. The largest absolute Gasteiger partial charge is 0.369 e. The van der Waals surface area contributed by atoms with Gasteiger partial charge in [-0.3, -0.25) is 0 Å². The Labute approximate surface area is 200 Å². The van der Waals surface area contributed by atoms with Gasteiger partial charge in [0.05, 0.1) is 11.4 Å². The highest BCUT2D eigenvalue weighted by molar-refractivity contribution is 5.99. The van der Waals surface area contributed by atoms with Crippen LogP contribution in [0.15, 0.2) is 68.9 Å². The molecule has 1 aliphatic heterocycles. The maximum absolute atomic E-state index is 5.33. The van der Waals surface area contributed by atoms with Crippen LogP contribution >= 0.6 is 12.4 Å². The van der Waals surface area contributed by atoms with Crippen molar-refractivity contribution in [2.24, 2.45) is 43.3 Å². The molecule has 1 aliphatic rings. The second-order valence-electron chi connectivity index (χ2n) is 7.49. The Morgan fingerprint density at radius 2 is 0.879 bits per heavy atom. The first kappa shape index (κ1) is 25.5. The molecule has 0 amide bonds. The molecule has 3 rings (SSSR count). The zero-order chi connectivity index (χ0) is 23.1. The molecule has 11 heteroatoms. The average Bonchev–Trinajstić information content (AvgIpc) is 2.81. The number of rotatable bonds is 6. The molecule has 10 nitrogen and oxygen atoms in total. The molecule has 8 N–H and O–H groups in total. The second-order valence-corrected chi connectivity index (χ2v) is 7.49. The van der Waals surface area contributed by atoms with Crippen LogP contribution in [-0.2, 0) is 0 Å². The molecular weight excluding hydrogens is 440 g/mol. The van der Waals surface area contributed by atoms with Crippen molar-refractivity contribution in [3.05, 3.63) is 59.7 Å². The summed E-state index contributed by atoms with van der Waals surface area (Å²) >= 11 is 0. The maximum atomic E-state index is 5.33. The summed E-state index contributed by atoms with van der Waals surface area (Å²) in [5, 5.41) is 15.5. The van der Waals surface area contributed by atoms with Crippen molar-refractivity contribution in [1.82, 2.24) is 0 Å². The van der Waals surface area contributed by atoms with Gasteiger partial charge in [-0.1, -0.05) is 24.3 Å². The summed E-state index contributed by atoms with van der Waals surface area (Å²) in [6.07, 6.45) is 0. The fourth-order valence-corrected chi connectivity index (χ4v) is 3.43. The molecule has 0 radical (unpaired) electrons. The van der Waals surface area contributed by atoms with Crippen LogP contribution in [0.3, 0.4) is 0 Å². The van der Waals surface area contributed by atoms with Crippen LogP contribution in [0.25, 0.3) is 0 Å². The lowest BCUT2D eigenvalue weighted by molar-refractivity contribution is 0.653. The van der Waals surface area contributed by atoms with Gasteiger partial charge in [-0.2, -0.15) is 10.2 Å². The van der Waals surface area contributed by atoms with Gasteiger partial charge in [0.2, 0.25) is 11.9 Å². The predicted molar refractivity (Wildman–Crippen MR) is 141 cm³/mol. The fraction of sp³-hybridized carbons (Fsp3) is 0.273. The van der Waals surface area contributed by atoms with Crippen molar-refractivity contribution in [3.63, 3.8) is 0 Å². The van der Waals surface area contributed by atoms with Gasteiger partial charge >= 0.3 is 0 Å². The van der Waals surface area contributed by atoms with E-state index in [-0.39, 0.29) is 24.3 Å². The number of halogens is 1. The van der Waals surface area contributed by atoms with Crippen molar-refractivity contribution >= 4 is 47.1 Å². The van der Waals surface area contributed by atoms with Gasteiger partial charge < -0.3 is 32.7 Å². The Kier molecular flexibility index (Phi) is 9.05. The molecule has 1 saturated heterocycles.